The summed E-state index contributed by atoms with van der Waals surface area (Å²) in [5, 5.41) is 0. The van der Waals surface area contributed by atoms with E-state index in [0.717, 1.165) is 0 Å². The standard InChI is InChI=1S/C9H17NO4S/c1-9(2,3)14-8(11)10-4-7(5-10)6-15(12)13/h7,15H,4-6H2,1-3H3. The summed E-state index contributed by atoms with van der Waals surface area (Å²) in [5.41, 5.74) is -0.494. The molecule has 0 radical (unpaired) electrons. The predicted molar refractivity (Wildman–Crippen MR) is 56.5 cm³/mol. The van der Waals surface area contributed by atoms with Crippen molar-refractivity contribution in [3.8, 4) is 0 Å². The molecule has 5 nitrogen and oxygen atoms in total. The van der Waals surface area contributed by atoms with E-state index in [1.807, 2.05) is 0 Å². The van der Waals surface area contributed by atoms with Gasteiger partial charge in [-0.3, -0.25) is 0 Å². The summed E-state index contributed by atoms with van der Waals surface area (Å²) >= 11 is 0. The van der Waals surface area contributed by atoms with Crippen LogP contribution in [-0.2, 0) is 15.4 Å². The Labute approximate surface area is 91.3 Å². The van der Waals surface area contributed by atoms with E-state index in [2.05, 4.69) is 0 Å². The van der Waals surface area contributed by atoms with E-state index in [-0.39, 0.29) is 17.8 Å². The van der Waals surface area contributed by atoms with Crippen molar-refractivity contribution < 1.29 is 17.9 Å². The number of amides is 1. The molecule has 0 aromatic rings. The molecule has 6 heteroatoms. The van der Waals surface area contributed by atoms with Crippen molar-refractivity contribution in [2.45, 2.75) is 26.4 Å². The highest BCUT2D eigenvalue weighted by Gasteiger charge is 2.33. The molecule has 1 saturated heterocycles. The molecular weight excluding hydrogens is 218 g/mol. The van der Waals surface area contributed by atoms with E-state index in [1.165, 1.54) is 4.90 Å². The maximum Gasteiger partial charge on any atom is 0.410 e. The Morgan fingerprint density at radius 3 is 2.33 bits per heavy atom. The first kappa shape index (κ1) is 12.3. The molecule has 0 spiro atoms. The third-order valence-electron chi connectivity index (χ3n) is 2.02. The smallest absolute Gasteiger partial charge is 0.410 e. The zero-order valence-corrected chi connectivity index (χ0v) is 10.1. The van der Waals surface area contributed by atoms with Crippen LogP contribution in [0.15, 0.2) is 0 Å². The number of carbonyl (C=O) groups excluding carboxylic acids is 1. The highest BCUT2D eigenvalue weighted by molar-refractivity contribution is 7.72. The van der Waals surface area contributed by atoms with Crippen LogP contribution in [0.25, 0.3) is 0 Å². The first-order chi connectivity index (χ1) is 6.78. The number of hydrogen-bond donors (Lipinski definition) is 1. The third-order valence-corrected chi connectivity index (χ3v) is 2.83. The molecule has 0 saturated carbocycles. The first-order valence-electron chi connectivity index (χ1n) is 4.87. The minimum atomic E-state index is -2.34. The molecule has 15 heavy (non-hydrogen) atoms. The maximum atomic E-state index is 11.4. The van der Waals surface area contributed by atoms with Gasteiger partial charge in [0.15, 0.2) is 0 Å². The van der Waals surface area contributed by atoms with Crippen molar-refractivity contribution in [1.29, 1.82) is 0 Å². The van der Waals surface area contributed by atoms with Crippen molar-refractivity contribution in [2.75, 3.05) is 18.8 Å². The Hall–Kier alpha value is -0.780. The summed E-state index contributed by atoms with van der Waals surface area (Å²) in [6.45, 7) is 6.38. The zero-order valence-electron chi connectivity index (χ0n) is 9.23. The Morgan fingerprint density at radius 2 is 1.93 bits per heavy atom. The van der Waals surface area contributed by atoms with Crippen LogP contribution in [0, 0.1) is 5.92 Å². The van der Waals surface area contributed by atoms with Crippen molar-refractivity contribution in [3.63, 3.8) is 0 Å². The molecule has 1 rings (SSSR count). The molecule has 1 aliphatic rings. The van der Waals surface area contributed by atoms with Crippen LogP contribution in [0.2, 0.25) is 0 Å². The number of thiol groups is 1. The number of nitrogens with zero attached hydrogens (tertiary/aromatic N) is 1. The van der Waals surface area contributed by atoms with Crippen LogP contribution in [0.1, 0.15) is 20.8 Å². The van der Waals surface area contributed by atoms with Gasteiger partial charge in [0.2, 0.25) is 0 Å². The lowest BCUT2D eigenvalue weighted by Crippen LogP contribution is -2.52. The lowest BCUT2D eigenvalue weighted by atomic mass is 10.0. The average Bonchev–Trinajstić information content (AvgIpc) is 1.91. The van der Waals surface area contributed by atoms with E-state index in [4.69, 9.17) is 4.74 Å². The van der Waals surface area contributed by atoms with Gasteiger partial charge >= 0.3 is 6.09 Å². The summed E-state index contributed by atoms with van der Waals surface area (Å²) in [5.74, 6) is 0.243. The van der Waals surface area contributed by atoms with Crippen LogP contribution in [0.3, 0.4) is 0 Å². The molecule has 0 aliphatic carbocycles. The lowest BCUT2D eigenvalue weighted by molar-refractivity contribution is 0.00199. The molecule has 0 N–H and O–H groups in total. The van der Waals surface area contributed by atoms with E-state index in [1.54, 1.807) is 20.8 Å². The van der Waals surface area contributed by atoms with E-state index >= 15 is 0 Å². The molecule has 88 valence electrons. The zero-order chi connectivity index (χ0) is 11.6. The Kier molecular flexibility index (Phi) is 3.59. The average molecular weight is 235 g/mol. The molecule has 1 fully saturated rings. The Bertz CT molecular complexity index is 305. The normalized spacial score (nSPS) is 17.7. The largest absolute Gasteiger partial charge is 0.444 e. The molecule has 0 aromatic heterocycles. The maximum absolute atomic E-state index is 11.4. The quantitative estimate of drug-likeness (QED) is 0.706. The first-order valence-corrected chi connectivity index (χ1v) is 6.24. The summed E-state index contributed by atoms with van der Waals surface area (Å²) < 4.78 is 26.0. The van der Waals surface area contributed by atoms with Gasteiger partial charge in [0.05, 0.1) is 5.75 Å². The van der Waals surface area contributed by atoms with Gasteiger partial charge in [-0.15, -0.1) is 0 Å². The Morgan fingerprint density at radius 1 is 1.40 bits per heavy atom. The summed E-state index contributed by atoms with van der Waals surface area (Å²) in [4.78, 5) is 12.9. The molecular formula is C9H17NO4S. The van der Waals surface area contributed by atoms with E-state index in [0.29, 0.717) is 13.1 Å². The van der Waals surface area contributed by atoms with Gasteiger partial charge in [0.1, 0.15) is 16.3 Å². The summed E-state index contributed by atoms with van der Waals surface area (Å²) in [7, 11) is -2.34. The fourth-order valence-electron chi connectivity index (χ4n) is 1.37. The second-order valence-electron chi connectivity index (χ2n) is 4.77. The van der Waals surface area contributed by atoms with Crippen molar-refractivity contribution in [1.82, 2.24) is 4.90 Å². The highest BCUT2D eigenvalue weighted by Crippen LogP contribution is 2.19. The van der Waals surface area contributed by atoms with Crippen LogP contribution in [0.5, 0.6) is 0 Å². The second kappa shape index (κ2) is 4.38. The number of likely N-dealkylation sites (tertiary alicyclic amines) is 1. The topological polar surface area (TPSA) is 63.7 Å². The number of hydrogen-bond acceptors (Lipinski definition) is 4. The number of rotatable bonds is 2. The van der Waals surface area contributed by atoms with Crippen LogP contribution >= 0.6 is 0 Å². The van der Waals surface area contributed by atoms with E-state index < -0.39 is 16.3 Å². The van der Waals surface area contributed by atoms with Gasteiger partial charge in [-0.1, -0.05) is 0 Å². The monoisotopic (exact) mass is 235 g/mol. The summed E-state index contributed by atoms with van der Waals surface area (Å²) in [6.07, 6.45) is -0.361. The number of carbonyl (C=O) groups is 1. The van der Waals surface area contributed by atoms with Crippen molar-refractivity contribution in [3.05, 3.63) is 0 Å². The fourth-order valence-corrected chi connectivity index (χ4v) is 2.02. The van der Waals surface area contributed by atoms with Gasteiger partial charge in [-0.25, -0.2) is 13.2 Å². The lowest BCUT2D eigenvalue weighted by Gasteiger charge is -2.38. The second-order valence-corrected chi connectivity index (χ2v) is 5.80. The Balaban J connectivity index is 2.30. The summed E-state index contributed by atoms with van der Waals surface area (Å²) in [6, 6.07) is 0. The molecule has 1 amide bonds. The molecule has 0 atom stereocenters. The molecule has 0 bridgehead atoms. The molecule has 1 aliphatic heterocycles. The minimum Gasteiger partial charge on any atom is -0.444 e. The fraction of sp³-hybridized carbons (Fsp3) is 0.889. The van der Waals surface area contributed by atoms with Crippen LogP contribution in [-0.4, -0.2) is 43.9 Å². The van der Waals surface area contributed by atoms with E-state index in [9.17, 15) is 13.2 Å². The SMILES string of the molecule is CC(C)(C)OC(=O)N1CC(C[SH](=O)=O)C1. The van der Waals surface area contributed by atoms with Crippen molar-refractivity contribution in [2.24, 2.45) is 5.92 Å². The van der Waals surface area contributed by atoms with Crippen LogP contribution < -0.4 is 0 Å². The minimum absolute atomic E-state index is 0.0821. The third kappa shape index (κ3) is 4.07. The van der Waals surface area contributed by atoms with Gasteiger partial charge in [-0.05, 0) is 20.8 Å². The molecule has 0 aromatic carbocycles. The predicted octanol–water partition coefficient (Wildman–Crippen LogP) is 0.465. The van der Waals surface area contributed by atoms with Gasteiger partial charge < -0.3 is 9.64 Å². The molecule has 0 unspecified atom stereocenters. The van der Waals surface area contributed by atoms with Gasteiger partial charge in [-0.2, -0.15) is 0 Å². The van der Waals surface area contributed by atoms with Crippen molar-refractivity contribution >= 4 is 16.8 Å². The van der Waals surface area contributed by atoms with Gasteiger partial charge in [0, 0.05) is 19.0 Å². The van der Waals surface area contributed by atoms with Gasteiger partial charge in [0.25, 0.3) is 0 Å². The van der Waals surface area contributed by atoms with Crippen LogP contribution in [0.4, 0.5) is 4.79 Å². The number of ether oxygens (including phenoxy) is 1. The molecule has 1 heterocycles. The highest BCUT2D eigenvalue weighted by atomic mass is 32.2.